The normalized spacial score (nSPS) is 16.4. The molecule has 0 bridgehead atoms. The molecule has 1 unspecified atom stereocenters. The van der Waals surface area contributed by atoms with Gasteiger partial charge in [-0.3, -0.25) is 4.99 Å². The van der Waals surface area contributed by atoms with Crippen LogP contribution in [-0.2, 0) is 16.0 Å². The predicted molar refractivity (Wildman–Crippen MR) is 126 cm³/mol. The molecule has 30 heavy (non-hydrogen) atoms. The van der Waals surface area contributed by atoms with E-state index in [2.05, 4.69) is 20.6 Å². The quantitative estimate of drug-likeness (QED) is 0.225. The lowest BCUT2D eigenvalue weighted by atomic mass is 10.2. The van der Waals surface area contributed by atoms with Crippen molar-refractivity contribution in [2.45, 2.75) is 38.8 Å². The number of aromatic nitrogens is 2. The average Bonchev–Trinajstić information content (AvgIpc) is 3.39. The molecule has 1 aromatic heterocycles. The summed E-state index contributed by atoms with van der Waals surface area (Å²) in [4.78, 5) is 8.34. The first-order valence-corrected chi connectivity index (χ1v) is 10.1. The molecule has 0 spiro atoms. The molecule has 0 radical (unpaired) electrons. The number of nitrogens with one attached hydrogen (secondary N) is 2. The van der Waals surface area contributed by atoms with Crippen molar-refractivity contribution in [1.82, 2.24) is 20.2 Å². The minimum atomic E-state index is -0.281. The molecule has 3 rings (SSSR count). The van der Waals surface area contributed by atoms with Gasteiger partial charge in [-0.2, -0.15) is 0 Å². The second-order valence-corrected chi connectivity index (χ2v) is 7.05. The molecule has 166 valence electrons. The fourth-order valence-corrected chi connectivity index (χ4v) is 3.27. The third-order valence-corrected chi connectivity index (χ3v) is 4.87. The monoisotopic (exact) mass is 531 g/mol. The zero-order valence-corrected chi connectivity index (χ0v) is 19.9. The summed E-state index contributed by atoms with van der Waals surface area (Å²) in [6, 6.07) is 5.20. The van der Waals surface area contributed by atoms with Crippen LogP contribution in [0.3, 0.4) is 0 Å². The van der Waals surface area contributed by atoms with Gasteiger partial charge in [-0.05, 0) is 43.9 Å². The second-order valence-electron chi connectivity index (χ2n) is 7.05. The van der Waals surface area contributed by atoms with Crippen molar-refractivity contribution < 1.29 is 13.9 Å². The summed E-state index contributed by atoms with van der Waals surface area (Å²) < 4.78 is 27.4. The lowest BCUT2D eigenvalue weighted by Gasteiger charge is -2.14. The van der Waals surface area contributed by atoms with Gasteiger partial charge in [0.25, 0.3) is 0 Å². The number of imidazole rings is 1. The van der Waals surface area contributed by atoms with Crippen LogP contribution in [0.15, 0.2) is 35.6 Å². The van der Waals surface area contributed by atoms with E-state index in [1.54, 1.807) is 30.1 Å². The largest absolute Gasteiger partial charge is 0.379 e. The van der Waals surface area contributed by atoms with Gasteiger partial charge in [-0.25, -0.2) is 9.37 Å². The molecule has 0 aliphatic carbocycles. The van der Waals surface area contributed by atoms with E-state index in [0.29, 0.717) is 31.4 Å². The molecule has 0 saturated carbocycles. The van der Waals surface area contributed by atoms with Crippen molar-refractivity contribution in [1.29, 1.82) is 0 Å². The van der Waals surface area contributed by atoms with Gasteiger partial charge >= 0.3 is 0 Å². The first-order valence-electron chi connectivity index (χ1n) is 10.1. The van der Waals surface area contributed by atoms with E-state index in [1.165, 1.54) is 6.07 Å². The summed E-state index contributed by atoms with van der Waals surface area (Å²) in [7, 11) is 1.72. The first-order chi connectivity index (χ1) is 14.2. The molecular weight excluding hydrogens is 500 g/mol. The molecule has 2 N–H and O–H groups in total. The standard InChI is InChI=1S/C21H30FN5O2.HI/c1-16-24-9-10-27(16)20-7-6-17(13-19(20)22)14-26-21(23-2)25-8-4-11-28-15-18-5-3-12-29-18;/h6-7,9-10,13,18H,3-5,8,11-12,14-15H2,1-2H3,(H2,23,25,26);1H. The van der Waals surface area contributed by atoms with Crippen LogP contribution in [0.5, 0.6) is 0 Å². The Bertz CT molecular complexity index is 808. The van der Waals surface area contributed by atoms with Crippen molar-refractivity contribution in [3.8, 4) is 5.69 Å². The van der Waals surface area contributed by atoms with Crippen LogP contribution in [0.25, 0.3) is 5.69 Å². The molecule has 1 aliphatic rings. The summed E-state index contributed by atoms with van der Waals surface area (Å²) >= 11 is 0. The zero-order chi connectivity index (χ0) is 20.5. The SMILES string of the molecule is CN=C(NCCCOCC1CCCO1)NCc1ccc(-n2ccnc2C)c(F)c1.I. The van der Waals surface area contributed by atoms with Crippen molar-refractivity contribution in [3.05, 3.63) is 47.8 Å². The summed E-state index contributed by atoms with van der Waals surface area (Å²) in [6.07, 6.45) is 6.78. The van der Waals surface area contributed by atoms with E-state index >= 15 is 0 Å². The van der Waals surface area contributed by atoms with Crippen LogP contribution in [0, 0.1) is 12.7 Å². The molecule has 1 fully saturated rings. The van der Waals surface area contributed by atoms with Crippen LogP contribution in [0.4, 0.5) is 4.39 Å². The number of halogens is 2. The van der Waals surface area contributed by atoms with Gasteiger partial charge in [0, 0.05) is 45.7 Å². The molecule has 1 aliphatic heterocycles. The molecule has 2 aromatic rings. The highest BCUT2D eigenvalue weighted by atomic mass is 127. The molecule has 2 heterocycles. The Hall–Kier alpha value is -1.72. The fraction of sp³-hybridized carbons (Fsp3) is 0.524. The molecule has 9 heteroatoms. The van der Waals surface area contributed by atoms with Crippen molar-refractivity contribution in [2.24, 2.45) is 4.99 Å². The lowest BCUT2D eigenvalue weighted by molar-refractivity contribution is 0.0168. The van der Waals surface area contributed by atoms with E-state index in [9.17, 15) is 4.39 Å². The number of aryl methyl sites for hydroxylation is 1. The smallest absolute Gasteiger partial charge is 0.191 e. The summed E-state index contributed by atoms with van der Waals surface area (Å²) in [5, 5.41) is 6.45. The van der Waals surface area contributed by atoms with E-state index in [0.717, 1.165) is 43.8 Å². The van der Waals surface area contributed by atoms with E-state index in [4.69, 9.17) is 9.47 Å². The van der Waals surface area contributed by atoms with Gasteiger partial charge in [-0.1, -0.05) is 6.07 Å². The van der Waals surface area contributed by atoms with Crippen LogP contribution < -0.4 is 10.6 Å². The molecule has 1 atom stereocenters. The summed E-state index contributed by atoms with van der Waals surface area (Å²) in [5.41, 5.74) is 1.33. The number of nitrogens with zero attached hydrogens (tertiary/aromatic N) is 3. The van der Waals surface area contributed by atoms with Crippen LogP contribution in [0.1, 0.15) is 30.7 Å². The molecule has 0 amide bonds. The minimum absolute atomic E-state index is 0. The Balaban J connectivity index is 0.00000320. The predicted octanol–water partition coefficient (Wildman–Crippen LogP) is 3.19. The molecule has 1 aromatic carbocycles. The van der Waals surface area contributed by atoms with Crippen molar-refractivity contribution >= 4 is 29.9 Å². The Kier molecular flexibility index (Phi) is 10.5. The maximum atomic E-state index is 14.5. The summed E-state index contributed by atoms with van der Waals surface area (Å²) in [6.45, 7) is 5.29. The minimum Gasteiger partial charge on any atom is -0.379 e. The highest BCUT2D eigenvalue weighted by Crippen LogP contribution is 2.16. The molecular formula is C21H31FIN5O2. The lowest BCUT2D eigenvalue weighted by Crippen LogP contribution is -2.37. The Labute approximate surface area is 194 Å². The van der Waals surface area contributed by atoms with Gasteiger partial charge in [0.05, 0.1) is 18.4 Å². The van der Waals surface area contributed by atoms with E-state index < -0.39 is 0 Å². The third kappa shape index (κ3) is 7.21. The number of hydrogen-bond acceptors (Lipinski definition) is 4. The molecule has 1 saturated heterocycles. The van der Waals surface area contributed by atoms with E-state index in [1.807, 2.05) is 13.0 Å². The Morgan fingerprint density at radius 3 is 2.93 bits per heavy atom. The van der Waals surface area contributed by atoms with Crippen LogP contribution in [-0.4, -0.2) is 55.0 Å². The topological polar surface area (TPSA) is 72.7 Å². The number of guanidine groups is 1. The first kappa shape index (κ1) is 24.5. The van der Waals surface area contributed by atoms with Crippen LogP contribution in [0.2, 0.25) is 0 Å². The van der Waals surface area contributed by atoms with Gasteiger partial charge in [0.1, 0.15) is 11.6 Å². The number of rotatable bonds is 9. The van der Waals surface area contributed by atoms with Crippen molar-refractivity contribution in [2.75, 3.05) is 33.4 Å². The highest BCUT2D eigenvalue weighted by Gasteiger charge is 2.15. The van der Waals surface area contributed by atoms with Gasteiger partial charge in [-0.15, -0.1) is 24.0 Å². The van der Waals surface area contributed by atoms with E-state index in [-0.39, 0.29) is 35.9 Å². The third-order valence-electron chi connectivity index (χ3n) is 4.87. The highest BCUT2D eigenvalue weighted by molar-refractivity contribution is 14.0. The van der Waals surface area contributed by atoms with Crippen molar-refractivity contribution in [3.63, 3.8) is 0 Å². The fourth-order valence-electron chi connectivity index (χ4n) is 3.27. The number of aliphatic imine (C=N–C) groups is 1. The maximum Gasteiger partial charge on any atom is 0.191 e. The van der Waals surface area contributed by atoms with Gasteiger partial charge < -0.3 is 24.7 Å². The second kappa shape index (κ2) is 12.9. The number of ether oxygens (including phenoxy) is 2. The Morgan fingerprint density at radius 2 is 2.27 bits per heavy atom. The molecule has 7 nitrogen and oxygen atoms in total. The van der Waals surface area contributed by atoms with Crippen LogP contribution >= 0.6 is 24.0 Å². The van der Waals surface area contributed by atoms with Gasteiger partial charge in [0.15, 0.2) is 5.96 Å². The number of hydrogen-bond donors (Lipinski definition) is 2. The number of benzene rings is 1. The average molecular weight is 531 g/mol. The van der Waals surface area contributed by atoms with Gasteiger partial charge in [0.2, 0.25) is 0 Å². The Morgan fingerprint density at radius 1 is 1.40 bits per heavy atom. The zero-order valence-electron chi connectivity index (χ0n) is 17.6. The summed E-state index contributed by atoms with van der Waals surface area (Å²) in [5.74, 6) is 1.15. The maximum absolute atomic E-state index is 14.5.